The Kier molecular flexibility index (Phi) is 5.31. The van der Waals surface area contributed by atoms with Gasteiger partial charge >= 0.3 is 0 Å². The summed E-state index contributed by atoms with van der Waals surface area (Å²) in [5.74, 6) is 0.374. The van der Waals surface area contributed by atoms with Gasteiger partial charge in [0.15, 0.2) is 5.78 Å². The molecule has 0 fully saturated rings. The maximum absolute atomic E-state index is 12.5. The van der Waals surface area contributed by atoms with Gasteiger partial charge in [-0.25, -0.2) is 4.98 Å². The van der Waals surface area contributed by atoms with Gasteiger partial charge < -0.3 is 10.6 Å². The van der Waals surface area contributed by atoms with Crippen LogP contribution in [0.5, 0.6) is 0 Å². The number of rotatable bonds is 5. The Morgan fingerprint density at radius 2 is 1.52 bits per heavy atom. The first-order valence-corrected chi connectivity index (χ1v) is 8.65. The molecule has 3 aromatic rings. The zero-order valence-corrected chi connectivity index (χ0v) is 15.5. The minimum Gasteiger partial charge on any atom is -0.340 e. The molecule has 2 aromatic carbocycles. The average molecular weight is 359 g/mol. The molecule has 0 spiro atoms. The van der Waals surface area contributed by atoms with Crippen molar-refractivity contribution < 1.29 is 9.59 Å². The molecule has 136 valence electrons. The summed E-state index contributed by atoms with van der Waals surface area (Å²) in [6, 6.07) is 16.3. The van der Waals surface area contributed by atoms with E-state index in [1.165, 1.54) is 12.5 Å². The maximum atomic E-state index is 12.5. The first kappa shape index (κ1) is 18.3. The molecule has 0 bridgehead atoms. The first-order chi connectivity index (χ1) is 12.9. The molecule has 5 heteroatoms. The number of benzene rings is 2. The van der Waals surface area contributed by atoms with Gasteiger partial charge in [0.2, 0.25) is 0 Å². The van der Waals surface area contributed by atoms with Crippen LogP contribution in [0.2, 0.25) is 0 Å². The normalized spacial score (nSPS) is 10.3. The number of anilines is 3. The molecule has 1 aromatic heterocycles. The number of nitrogens with one attached hydrogen (secondary N) is 2. The van der Waals surface area contributed by atoms with E-state index in [2.05, 4.69) is 15.6 Å². The highest BCUT2D eigenvalue weighted by molar-refractivity contribution is 6.04. The highest BCUT2D eigenvalue weighted by Gasteiger charge is 2.09. The molecule has 0 aliphatic rings. The van der Waals surface area contributed by atoms with Gasteiger partial charge in [-0.3, -0.25) is 9.59 Å². The van der Waals surface area contributed by atoms with Crippen molar-refractivity contribution in [1.82, 2.24) is 4.98 Å². The van der Waals surface area contributed by atoms with Crippen LogP contribution < -0.4 is 10.6 Å². The number of hydrogen-bond donors (Lipinski definition) is 2. The molecule has 1 amide bonds. The molecular formula is C22H21N3O2. The van der Waals surface area contributed by atoms with Gasteiger partial charge in [0.25, 0.3) is 5.91 Å². The Hall–Kier alpha value is -3.47. The molecule has 1 heterocycles. The van der Waals surface area contributed by atoms with Crippen molar-refractivity contribution in [3.63, 3.8) is 0 Å². The Balaban J connectivity index is 1.73. The predicted molar refractivity (Wildman–Crippen MR) is 108 cm³/mol. The van der Waals surface area contributed by atoms with Gasteiger partial charge in [-0.2, -0.15) is 0 Å². The lowest BCUT2D eigenvalue weighted by atomic mass is 10.1. The summed E-state index contributed by atoms with van der Waals surface area (Å²) in [5, 5.41) is 6.05. The van der Waals surface area contributed by atoms with Crippen LogP contribution in [0.1, 0.15) is 38.8 Å². The highest BCUT2D eigenvalue weighted by Crippen LogP contribution is 2.18. The van der Waals surface area contributed by atoms with Crippen molar-refractivity contribution in [3.05, 3.63) is 83.0 Å². The fourth-order valence-corrected chi connectivity index (χ4v) is 2.60. The summed E-state index contributed by atoms with van der Waals surface area (Å²) in [6.07, 6.45) is 1.58. The second-order valence-electron chi connectivity index (χ2n) is 6.44. The van der Waals surface area contributed by atoms with Crippen LogP contribution in [-0.4, -0.2) is 16.7 Å². The standard InChI is InChI=1S/C22H21N3O2/c1-14-4-7-20(12-15(14)2)25-22(27)18-10-11-23-21(13-18)24-19-8-5-17(6-9-19)16(3)26/h4-13H,1-3H3,(H,23,24)(H,25,27). The molecule has 0 saturated carbocycles. The van der Waals surface area contributed by atoms with Crippen LogP contribution in [0.25, 0.3) is 0 Å². The van der Waals surface area contributed by atoms with E-state index in [4.69, 9.17) is 0 Å². The molecule has 27 heavy (non-hydrogen) atoms. The van der Waals surface area contributed by atoms with Gasteiger partial charge in [-0.05, 0) is 80.4 Å². The molecule has 0 unspecified atom stereocenters. The molecular weight excluding hydrogens is 338 g/mol. The number of pyridine rings is 1. The minimum absolute atomic E-state index is 0.0182. The van der Waals surface area contributed by atoms with E-state index in [-0.39, 0.29) is 11.7 Å². The lowest BCUT2D eigenvalue weighted by Crippen LogP contribution is -2.12. The molecule has 3 rings (SSSR count). The number of Topliss-reactive ketones (excluding diaryl/α,β-unsaturated/α-hetero) is 1. The van der Waals surface area contributed by atoms with E-state index in [1.807, 2.05) is 32.0 Å². The number of carbonyl (C=O) groups excluding carboxylic acids is 2. The first-order valence-electron chi connectivity index (χ1n) is 8.65. The van der Waals surface area contributed by atoms with E-state index in [0.717, 1.165) is 16.9 Å². The highest BCUT2D eigenvalue weighted by atomic mass is 16.1. The third-order valence-corrected chi connectivity index (χ3v) is 4.35. The molecule has 0 aliphatic heterocycles. The number of ketones is 1. The van der Waals surface area contributed by atoms with E-state index < -0.39 is 0 Å². The van der Waals surface area contributed by atoms with Gasteiger partial charge in [-0.15, -0.1) is 0 Å². The van der Waals surface area contributed by atoms with Crippen LogP contribution in [0.4, 0.5) is 17.2 Å². The third kappa shape index (κ3) is 4.58. The van der Waals surface area contributed by atoms with E-state index in [0.29, 0.717) is 16.9 Å². The smallest absolute Gasteiger partial charge is 0.255 e. The van der Waals surface area contributed by atoms with Crippen LogP contribution >= 0.6 is 0 Å². The van der Waals surface area contributed by atoms with Crippen LogP contribution in [-0.2, 0) is 0 Å². The van der Waals surface area contributed by atoms with Crippen molar-refractivity contribution in [2.24, 2.45) is 0 Å². The Morgan fingerprint density at radius 1 is 0.815 bits per heavy atom. The van der Waals surface area contributed by atoms with E-state index in [1.54, 1.807) is 42.6 Å². The Morgan fingerprint density at radius 3 is 2.19 bits per heavy atom. The zero-order chi connectivity index (χ0) is 19.4. The summed E-state index contributed by atoms with van der Waals surface area (Å²) in [4.78, 5) is 28.1. The van der Waals surface area contributed by atoms with Crippen molar-refractivity contribution in [1.29, 1.82) is 0 Å². The number of nitrogens with zero attached hydrogens (tertiary/aromatic N) is 1. The molecule has 0 radical (unpaired) electrons. The number of aromatic nitrogens is 1. The van der Waals surface area contributed by atoms with Crippen molar-refractivity contribution in [3.8, 4) is 0 Å². The lowest BCUT2D eigenvalue weighted by molar-refractivity contribution is 0.101. The summed E-state index contributed by atoms with van der Waals surface area (Å²) < 4.78 is 0. The summed E-state index contributed by atoms with van der Waals surface area (Å²) in [5.41, 5.74) is 5.01. The predicted octanol–water partition coefficient (Wildman–Crippen LogP) is 4.90. The third-order valence-electron chi connectivity index (χ3n) is 4.35. The molecule has 2 N–H and O–H groups in total. The number of amides is 1. The fraction of sp³-hybridized carbons (Fsp3) is 0.136. The van der Waals surface area contributed by atoms with E-state index in [9.17, 15) is 9.59 Å². The van der Waals surface area contributed by atoms with Gasteiger partial charge in [0.1, 0.15) is 5.82 Å². The Labute approximate surface area is 158 Å². The number of hydrogen-bond acceptors (Lipinski definition) is 4. The van der Waals surface area contributed by atoms with Gasteiger partial charge in [-0.1, -0.05) is 6.07 Å². The maximum Gasteiger partial charge on any atom is 0.255 e. The van der Waals surface area contributed by atoms with Crippen molar-refractivity contribution in [2.45, 2.75) is 20.8 Å². The van der Waals surface area contributed by atoms with Gasteiger partial charge in [0.05, 0.1) is 0 Å². The van der Waals surface area contributed by atoms with Gasteiger partial charge in [0, 0.05) is 28.7 Å². The topological polar surface area (TPSA) is 71.1 Å². The second-order valence-corrected chi connectivity index (χ2v) is 6.44. The molecule has 0 atom stereocenters. The largest absolute Gasteiger partial charge is 0.340 e. The molecule has 0 aliphatic carbocycles. The number of carbonyl (C=O) groups is 2. The molecule has 5 nitrogen and oxygen atoms in total. The lowest BCUT2D eigenvalue weighted by Gasteiger charge is -2.10. The fourth-order valence-electron chi connectivity index (χ4n) is 2.60. The second kappa shape index (κ2) is 7.83. The van der Waals surface area contributed by atoms with Crippen LogP contribution in [0, 0.1) is 13.8 Å². The van der Waals surface area contributed by atoms with Crippen LogP contribution in [0.3, 0.4) is 0 Å². The summed E-state index contributed by atoms with van der Waals surface area (Å²) in [7, 11) is 0. The quantitative estimate of drug-likeness (QED) is 0.636. The summed E-state index contributed by atoms with van der Waals surface area (Å²) >= 11 is 0. The molecule has 0 saturated heterocycles. The monoisotopic (exact) mass is 359 g/mol. The average Bonchev–Trinajstić information content (AvgIpc) is 2.65. The van der Waals surface area contributed by atoms with Crippen molar-refractivity contribution >= 4 is 28.9 Å². The van der Waals surface area contributed by atoms with E-state index >= 15 is 0 Å². The zero-order valence-electron chi connectivity index (χ0n) is 15.5. The van der Waals surface area contributed by atoms with Crippen LogP contribution in [0.15, 0.2) is 60.8 Å². The summed E-state index contributed by atoms with van der Waals surface area (Å²) in [6.45, 7) is 5.57. The minimum atomic E-state index is -0.198. The van der Waals surface area contributed by atoms with Crippen molar-refractivity contribution in [2.75, 3.05) is 10.6 Å². The number of aryl methyl sites for hydroxylation is 2. The SMILES string of the molecule is CC(=O)c1ccc(Nc2cc(C(=O)Nc3ccc(C)c(C)c3)ccn2)cc1. The Bertz CT molecular complexity index is 995.